The van der Waals surface area contributed by atoms with Crippen LogP contribution < -0.4 is 5.73 Å². The zero-order valence-electron chi connectivity index (χ0n) is 8.05. The maximum absolute atomic E-state index is 8.51. The van der Waals surface area contributed by atoms with Gasteiger partial charge in [0.1, 0.15) is 0 Å². The zero-order chi connectivity index (χ0) is 10.4. The first-order valence-electron chi connectivity index (χ1n) is 4.27. The highest BCUT2D eigenvalue weighted by Gasteiger charge is 2.06. The molecule has 1 rings (SSSR count). The van der Waals surface area contributed by atoms with Gasteiger partial charge in [0.25, 0.3) is 0 Å². The van der Waals surface area contributed by atoms with Crippen molar-refractivity contribution < 1.29 is 5.21 Å². The van der Waals surface area contributed by atoms with Gasteiger partial charge in [0.15, 0.2) is 5.82 Å². The lowest BCUT2D eigenvalue weighted by molar-refractivity contribution is 0.318. The summed E-state index contributed by atoms with van der Waals surface area (Å²) in [4.78, 5) is 4.01. The summed E-state index contributed by atoms with van der Waals surface area (Å²) in [7, 11) is 0. The van der Waals surface area contributed by atoms with Crippen molar-refractivity contribution in [2.45, 2.75) is 13.0 Å². The first-order valence-corrected chi connectivity index (χ1v) is 5.67. The standard InChI is InChI=1S/C8H14N4OS/c1-14-6-2-4-12-5-3-10-8(12)7(9)11-13/h3,5,13H,2,4,6H2,1H3,(H2,9,11). The van der Waals surface area contributed by atoms with Crippen LogP contribution in [0.5, 0.6) is 0 Å². The summed E-state index contributed by atoms with van der Waals surface area (Å²) in [5, 5.41) is 11.4. The van der Waals surface area contributed by atoms with Crippen molar-refractivity contribution in [3.8, 4) is 0 Å². The van der Waals surface area contributed by atoms with Crippen LogP contribution in [0.25, 0.3) is 0 Å². The number of amidine groups is 1. The fourth-order valence-electron chi connectivity index (χ4n) is 1.15. The highest BCUT2D eigenvalue weighted by molar-refractivity contribution is 7.98. The smallest absolute Gasteiger partial charge is 0.206 e. The van der Waals surface area contributed by atoms with E-state index >= 15 is 0 Å². The van der Waals surface area contributed by atoms with E-state index in [1.54, 1.807) is 18.0 Å². The van der Waals surface area contributed by atoms with Gasteiger partial charge in [-0.3, -0.25) is 0 Å². The molecule has 14 heavy (non-hydrogen) atoms. The minimum atomic E-state index is 0.0548. The summed E-state index contributed by atoms with van der Waals surface area (Å²) in [6.07, 6.45) is 6.59. The van der Waals surface area contributed by atoms with Crippen molar-refractivity contribution in [1.29, 1.82) is 0 Å². The van der Waals surface area contributed by atoms with E-state index in [0.29, 0.717) is 5.82 Å². The molecule has 1 aromatic rings. The lowest BCUT2D eigenvalue weighted by Crippen LogP contribution is -2.19. The average Bonchev–Trinajstić information content (AvgIpc) is 2.65. The molecule has 0 aliphatic carbocycles. The second kappa shape index (κ2) is 5.54. The Hall–Kier alpha value is -1.17. The molecule has 0 spiro atoms. The number of rotatable bonds is 5. The molecule has 78 valence electrons. The van der Waals surface area contributed by atoms with Crippen LogP contribution in [-0.2, 0) is 6.54 Å². The number of oxime groups is 1. The molecule has 1 heterocycles. The number of nitrogens with zero attached hydrogens (tertiary/aromatic N) is 3. The molecule has 0 saturated carbocycles. The SMILES string of the molecule is CSCCCn1ccnc1/C(N)=N/O. The van der Waals surface area contributed by atoms with Crippen molar-refractivity contribution >= 4 is 17.6 Å². The summed E-state index contributed by atoms with van der Waals surface area (Å²) >= 11 is 1.80. The van der Waals surface area contributed by atoms with Gasteiger partial charge in [0.2, 0.25) is 5.84 Å². The van der Waals surface area contributed by atoms with Crippen molar-refractivity contribution in [1.82, 2.24) is 9.55 Å². The number of nitrogens with two attached hydrogens (primary N) is 1. The third-order valence-electron chi connectivity index (χ3n) is 1.80. The Bertz CT molecular complexity index is 310. The van der Waals surface area contributed by atoms with Gasteiger partial charge in [-0.05, 0) is 18.4 Å². The maximum atomic E-state index is 8.51. The molecule has 6 heteroatoms. The van der Waals surface area contributed by atoms with E-state index in [4.69, 9.17) is 10.9 Å². The van der Waals surface area contributed by atoms with Gasteiger partial charge in [-0.1, -0.05) is 5.16 Å². The largest absolute Gasteiger partial charge is 0.409 e. The Morgan fingerprint density at radius 1 is 1.79 bits per heavy atom. The quantitative estimate of drug-likeness (QED) is 0.249. The molecule has 0 amide bonds. The first-order chi connectivity index (χ1) is 6.79. The zero-order valence-corrected chi connectivity index (χ0v) is 8.87. The van der Waals surface area contributed by atoms with Crippen LogP contribution in [0, 0.1) is 0 Å². The molecule has 0 saturated heterocycles. The molecule has 0 unspecified atom stereocenters. The van der Waals surface area contributed by atoms with E-state index in [1.807, 2.05) is 10.8 Å². The van der Waals surface area contributed by atoms with Crippen LogP contribution in [0.3, 0.4) is 0 Å². The molecular formula is C8H14N4OS. The second-order valence-electron chi connectivity index (χ2n) is 2.78. The number of hydrogen-bond acceptors (Lipinski definition) is 4. The monoisotopic (exact) mass is 214 g/mol. The fourth-order valence-corrected chi connectivity index (χ4v) is 1.56. The third-order valence-corrected chi connectivity index (χ3v) is 2.50. The summed E-state index contributed by atoms with van der Waals surface area (Å²) in [5.41, 5.74) is 5.46. The van der Waals surface area contributed by atoms with Gasteiger partial charge in [-0.15, -0.1) is 0 Å². The first kappa shape index (κ1) is 10.9. The van der Waals surface area contributed by atoms with Crippen LogP contribution in [0.15, 0.2) is 17.5 Å². The van der Waals surface area contributed by atoms with Crippen molar-refractivity contribution in [2.24, 2.45) is 10.9 Å². The van der Waals surface area contributed by atoms with Crippen LogP contribution >= 0.6 is 11.8 Å². The van der Waals surface area contributed by atoms with E-state index in [0.717, 1.165) is 18.7 Å². The minimum Gasteiger partial charge on any atom is -0.409 e. The molecule has 0 radical (unpaired) electrons. The van der Waals surface area contributed by atoms with Crippen LogP contribution in [-0.4, -0.2) is 32.6 Å². The molecule has 1 aromatic heterocycles. The third kappa shape index (κ3) is 2.66. The normalized spacial score (nSPS) is 11.9. The predicted octanol–water partition coefficient (Wildman–Crippen LogP) is 0.731. The van der Waals surface area contributed by atoms with Crippen LogP contribution in [0.2, 0.25) is 0 Å². The average molecular weight is 214 g/mol. The minimum absolute atomic E-state index is 0.0548. The van der Waals surface area contributed by atoms with Crippen molar-refractivity contribution in [2.75, 3.05) is 12.0 Å². The molecule has 0 bridgehead atoms. The number of hydrogen-bond donors (Lipinski definition) is 2. The summed E-state index contributed by atoms with van der Waals surface area (Å²) in [6.45, 7) is 0.840. The maximum Gasteiger partial charge on any atom is 0.206 e. The van der Waals surface area contributed by atoms with E-state index in [9.17, 15) is 0 Å². The Morgan fingerprint density at radius 2 is 2.57 bits per heavy atom. The van der Waals surface area contributed by atoms with Gasteiger partial charge < -0.3 is 15.5 Å². The highest BCUT2D eigenvalue weighted by atomic mass is 32.2. The van der Waals surface area contributed by atoms with E-state index < -0.39 is 0 Å². The fraction of sp³-hybridized carbons (Fsp3) is 0.500. The predicted molar refractivity (Wildman–Crippen MR) is 57.7 cm³/mol. The van der Waals surface area contributed by atoms with Gasteiger partial charge in [0.05, 0.1) is 0 Å². The van der Waals surface area contributed by atoms with E-state index in [-0.39, 0.29) is 5.84 Å². The number of aryl methyl sites for hydroxylation is 1. The lowest BCUT2D eigenvalue weighted by atomic mass is 10.4. The van der Waals surface area contributed by atoms with E-state index in [2.05, 4.69) is 16.4 Å². The van der Waals surface area contributed by atoms with Gasteiger partial charge in [0, 0.05) is 18.9 Å². The number of imidazole rings is 1. The molecule has 0 fully saturated rings. The summed E-state index contributed by atoms with van der Waals surface area (Å²) in [5.74, 6) is 1.67. The number of aromatic nitrogens is 2. The highest BCUT2D eigenvalue weighted by Crippen LogP contribution is 2.02. The molecule has 0 atom stereocenters. The molecule has 0 aromatic carbocycles. The van der Waals surface area contributed by atoms with E-state index in [1.165, 1.54) is 0 Å². The molecule has 3 N–H and O–H groups in total. The Labute approximate surface area is 87.0 Å². The lowest BCUT2D eigenvalue weighted by Gasteiger charge is -2.05. The molecular weight excluding hydrogens is 200 g/mol. The van der Waals surface area contributed by atoms with Gasteiger partial charge >= 0.3 is 0 Å². The molecule has 5 nitrogen and oxygen atoms in total. The molecule has 0 aliphatic rings. The van der Waals surface area contributed by atoms with Crippen molar-refractivity contribution in [3.63, 3.8) is 0 Å². The van der Waals surface area contributed by atoms with Crippen LogP contribution in [0.4, 0.5) is 0 Å². The topological polar surface area (TPSA) is 76.4 Å². The summed E-state index contributed by atoms with van der Waals surface area (Å²) in [6, 6.07) is 0. The Kier molecular flexibility index (Phi) is 4.31. The molecule has 0 aliphatic heterocycles. The Morgan fingerprint density at radius 3 is 3.21 bits per heavy atom. The van der Waals surface area contributed by atoms with Gasteiger partial charge in [-0.25, -0.2) is 4.98 Å². The van der Waals surface area contributed by atoms with Crippen LogP contribution in [0.1, 0.15) is 12.2 Å². The summed E-state index contributed by atoms with van der Waals surface area (Å²) < 4.78 is 1.88. The number of thioether (sulfide) groups is 1. The Balaban J connectivity index is 2.63. The second-order valence-corrected chi connectivity index (χ2v) is 3.76. The van der Waals surface area contributed by atoms with Gasteiger partial charge in [-0.2, -0.15) is 11.8 Å². The van der Waals surface area contributed by atoms with Crippen molar-refractivity contribution in [3.05, 3.63) is 18.2 Å².